The number of carbonyl (C=O) groups excluding carboxylic acids is 3. The molecule has 0 aliphatic carbocycles. The Morgan fingerprint density at radius 1 is 1.20 bits per heavy atom. The minimum Gasteiger partial charge on any atom is -0.504 e. The highest BCUT2D eigenvalue weighted by molar-refractivity contribution is 5.94. The lowest BCUT2D eigenvalue weighted by Gasteiger charge is -2.37. The molecule has 35 heavy (non-hydrogen) atoms. The van der Waals surface area contributed by atoms with Gasteiger partial charge in [-0.15, -0.1) is 0 Å². The number of hydrogen-bond acceptors (Lipinski definition) is 8. The van der Waals surface area contributed by atoms with Crippen molar-refractivity contribution in [3.05, 3.63) is 23.8 Å². The van der Waals surface area contributed by atoms with Gasteiger partial charge in [0.05, 0.1) is 0 Å². The fourth-order valence-electron chi connectivity index (χ4n) is 3.78. The van der Waals surface area contributed by atoms with Crippen LogP contribution in [0.15, 0.2) is 18.2 Å². The van der Waals surface area contributed by atoms with Gasteiger partial charge in [-0.1, -0.05) is 26.8 Å². The number of aromatic hydroxyl groups is 1. The molecule has 1 aromatic rings. The minimum absolute atomic E-state index is 0.0916. The van der Waals surface area contributed by atoms with E-state index in [1.165, 1.54) is 32.2 Å². The van der Waals surface area contributed by atoms with E-state index in [2.05, 4.69) is 21.3 Å². The molecule has 7 N–H and O–H groups in total. The number of fused-ring (bicyclic) bond motifs is 2. The fraction of sp³-hybridized carbons (Fsp3) is 0.565. The summed E-state index contributed by atoms with van der Waals surface area (Å²) in [5.41, 5.74) is -1.21. The third-order valence-electron chi connectivity index (χ3n) is 6.10. The van der Waals surface area contributed by atoms with Gasteiger partial charge in [-0.05, 0) is 44.0 Å². The second kappa shape index (κ2) is 11.4. The van der Waals surface area contributed by atoms with Crippen LogP contribution >= 0.6 is 0 Å². The van der Waals surface area contributed by atoms with E-state index >= 15 is 0 Å². The predicted molar refractivity (Wildman–Crippen MR) is 125 cm³/mol. The maximum Gasteiger partial charge on any atom is 0.322 e. The first kappa shape index (κ1) is 27.9. The van der Waals surface area contributed by atoms with Crippen molar-refractivity contribution in [2.24, 2.45) is 5.92 Å². The van der Waals surface area contributed by atoms with E-state index < -0.39 is 66.0 Å². The smallest absolute Gasteiger partial charge is 0.322 e. The van der Waals surface area contributed by atoms with Crippen molar-refractivity contribution >= 4 is 23.7 Å². The van der Waals surface area contributed by atoms with E-state index in [0.29, 0.717) is 0 Å². The van der Waals surface area contributed by atoms with Crippen LogP contribution in [0.3, 0.4) is 0 Å². The summed E-state index contributed by atoms with van der Waals surface area (Å²) in [5, 5.41) is 40.5. The van der Waals surface area contributed by atoms with Gasteiger partial charge in [0.25, 0.3) is 0 Å². The first-order chi connectivity index (χ1) is 16.3. The molecule has 1 aliphatic rings. The topological polar surface area (TPSA) is 186 Å². The normalized spacial score (nSPS) is 27.4. The lowest BCUT2D eigenvalue weighted by molar-refractivity contribution is -0.141. The molecule has 12 nitrogen and oxygen atoms in total. The van der Waals surface area contributed by atoms with Gasteiger partial charge in [0, 0.05) is 0 Å². The molecule has 1 aliphatic heterocycles. The number of amides is 3. The van der Waals surface area contributed by atoms with Crippen molar-refractivity contribution in [3.63, 3.8) is 0 Å². The monoisotopic (exact) mass is 494 g/mol. The number of phenolic OH excluding ortho intramolecular Hbond substituents is 1. The van der Waals surface area contributed by atoms with Gasteiger partial charge >= 0.3 is 5.97 Å². The first-order valence-corrected chi connectivity index (χ1v) is 11.3. The highest BCUT2D eigenvalue weighted by Crippen LogP contribution is 2.35. The van der Waals surface area contributed by atoms with E-state index in [1.54, 1.807) is 20.8 Å². The lowest BCUT2D eigenvalue weighted by Crippen LogP contribution is -2.65. The quantitative estimate of drug-likeness (QED) is 0.271. The maximum atomic E-state index is 13.3. The number of ether oxygens (including phenoxy) is 1. The van der Waals surface area contributed by atoms with Crippen LogP contribution < -0.4 is 26.0 Å². The molecule has 12 heteroatoms. The van der Waals surface area contributed by atoms with Crippen LogP contribution in [0, 0.1) is 5.92 Å². The minimum atomic E-state index is -1.46. The lowest BCUT2D eigenvalue weighted by atomic mass is 9.91. The number of aliphatic hydroxyl groups excluding tert-OH is 1. The summed E-state index contributed by atoms with van der Waals surface area (Å²) in [6, 6.07) is 0.425. The van der Waals surface area contributed by atoms with Crippen LogP contribution in [0.1, 0.15) is 45.8 Å². The summed E-state index contributed by atoms with van der Waals surface area (Å²) in [6.45, 7) is 5.93. The molecular formula is C23H34N4O8. The number of aliphatic carboxylic acids is 1. The van der Waals surface area contributed by atoms with Crippen molar-refractivity contribution in [1.82, 2.24) is 21.3 Å². The molecule has 1 heterocycles. The number of phenols is 1. The molecule has 1 aromatic carbocycles. The summed E-state index contributed by atoms with van der Waals surface area (Å²) in [5.74, 6) is -4.25. The van der Waals surface area contributed by atoms with E-state index in [0.717, 1.165) is 0 Å². The Morgan fingerprint density at radius 3 is 2.40 bits per heavy atom. The third kappa shape index (κ3) is 6.40. The number of aliphatic hydroxyl groups is 1. The van der Waals surface area contributed by atoms with E-state index in [4.69, 9.17) is 9.84 Å². The average molecular weight is 495 g/mol. The van der Waals surface area contributed by atoms with Crippen LogP contribution in [-0.2, 0) is 19.2 Å². The van der Waals surface area contributed by atoms with Gasteiger partial charge in [0.15, 0.2) is 11.5 Å². The molecule has 0 fully saturated rings. The van der Waals surface area contributed by atoms with Crippen LogP contribution in [0.25, 0.3) is 0 Å². The molecular weight excluding hydrogens is 460 g/mol. The Morgan fingerprint density at radius 2 is 1.86 bits per heavy atom. The van der Waals surface area contributed by atoms with Crippen molar-refractivity contribution in [2.75, 3.05) is 13.6 Å². The van der Waals surface area contributed by atoms with Crippen molar-refractivity contribution < 1.29 is 39.2 Å². The van der Waals surface area contributed by atoms with Crippen LogP contribution in [0.5, 0.6) is 11.5 Å². The Hall–Kier alpha value is -3.38. The molecule has 0 spiro atoms. The van der Waals surface area contributed by atoms with Gasteiger partial charge in [-0.25, -0.2) is 0 Å². The molecule has 0 radical (unpaired) electrons. The van der Waals surface area contributed by atoms with E-state index in [-0.39, 0.29) is 23.5 Å². The largest absolute Gasteiger partial charge is 0.504 e. The Bertz CT molecular complexity index is 969. The number of carboxylic acid groups (broad SMARTS) is 1. The number of carboxylic acids is 1. The Kier molecular flexibility index (Phi) is 9.05. The number of carbonyl (C=O) groups is 4. The summed E-state index contributed by atoms with van der Waals surface area (Å²) >= 11 is 0. The fourth-order valence-corrected chi connectivity index (χ4v) is 3.78. The molecule has 0 saturated heterocycles. The molecule has 2 bridgehead atoms. The zero-order chi connectivity index (χ0) is 26.5. The molecule has 0 saturated carbocycles. The number of hydrogen-bond donors (Lipinski definition) is 7. The SMILES string of the molecule is CC[C@]1(C)Oc2cc(ccc2O)[C@H](O)C(NC)C(=O)N[C@H](C(C)C)C(=O)N[C@H]1C(=O)NCC(=O)O. The predicted octanol–water partition coefficient (Wildman–Crippen LogP) is -0.599. The highest BCUT2D eigenvalue weighted by atomic mass is 16.5. The van der Waals surface area contributed by atoms with Crippen molar-refractivity contribution in [1.29, 1.82) is 0 Å². The number of benzene rings is 1. The van der Waals surface area contributed by atoms with E-state index in [9.17, 15) is 29.4 Å². The van der Waals surface area contributed by atoms with Crippen LogP contribution in [-0.4, -0.2) is 76.3 Å². The first-order valence-electron chi connectivity index (χ1n) is 11.3. The third-order valence-corrected chi connectivity index (χ3v) is 6.10. The standard InChI is InChI=1S/C23H34N4O8/c1-6-23(4)19(22(34)25-10-15(29)30)27-20(32)16(11(2)3)26-21(33)17(24-5)18(31)12-7-8-13(28)14(9-12)35-23/h7-9,11,16-19,24,28,31H,6,10H2,1-5H3,(H,25,34)(H,26,33)(H,27,32)(H,29,30)/t16-,17?,18+,19+,23+/m1/s1. The molecule has 3 amide bonds. The summed E-state index contributed by atoms with van der Waals surface area (Å²) in [4.78, 5) is 50.4. The zero-order valence-electron chi connectivity index (χ0n) is 20.4. The molecule has 5 atom stereocenters. The Balaban J connectivity index is 2.67. The van der Waals surface area contributed by atoms with Crippen LogP contribution in [0.2, 0.25) is 0 Å². The van der Waals surface area contributed by atoms with E-state index in [1.807, 2.05) is 0 Å². The Labute approximate surface area is 203 Å². The second-order valence-electron chi connectivity index (χ2n) is 8.99. The second-order valence-corrected chi connectivity index (χ2v) is 8.99. The number of nitrogens with one attached hydrogen (secondary N) is 4. The molecule has 1 unspecified atom stereocenters. The zero-order valence-corrected chi connectivity index (χ0v) is 20.4. The summed E-state index contributed by atoms with van der Waals surface area (Å²) < 4.78 is 6.05. The number of rotatable bonds is 6. The molecule has 2 rings (SSSR count). The molecule has 0 aromatic heterocycles. The van der Waals surface area contributed by atoms with Gasteiger partial charge in [-0.2, -0.15) is 0 Å². The average Bonchev–Trinajstić information content (AvgIpc) is 2.80. The van der Waals surface area contributed by atoms with Gasteiger partial charge in [0.2, 0.25) is 17.7 Å². The van der Waals surface area contributed by atoms with Gasteiger partial charge in [0.1, 0.15) is 36.4 Å². The summed E-state index contributed by atoms with van der Waals surface area (Å²) in [6.07, 6.45) is -1.20. The summed E-state index contributed by atoms with van der Waals surface area (Å²) in [7, 11) is 1.48. The number of likely N-dealkylation sites (N-methyl/N-ethyl adjacent to an activating group) is 1. The molecule has 194 valence electrons. The van der Waals surface area contributed by atoms with Crippen molar-refractivity contribution in [3.8, 4) is 11.5 Å². The van der Waals surface area contributed by atoms with Gasteiger partial charge < -0.3 is 41.3 Å². The van der Waals surface area contributed by atoms with Crippen LogP contribution in [0.4, 0.5) is 0 Å². The highest BCUT2D eigenvalue weighted by Gasteiger charge is 2.44. The van der Waals surface area contributed by atoms with Gasteiger partial charge in [-0.3, -0.25) is 19.2 Å². The van der Waals surface area contributed by atoms with Crippen molar-refractivity contribution in [2.45, 2.75) is 63.9 Å². The maximum absolute atomic E-state index is 13.3.